The lowest BCUT2D eigenvalue weighted by Crippen LogP contribution is -2.40. The van der Waals surface area contributed by atoms with Crippen molar-refractivity contribution in [2.45, 2.75) is 25.8 Å². The lowest BCUT2D eigenvalue weighted by Gasteiger charge is -2.21. The van der Waals surface area contributed by atoms with Gasteiger partial charge >= 0.3 is 11.9 Å². The monoisotopic (exact) mass is 241 g/mol. The van der Waals surface area contributed by atoms with Gasteiger partial charge in [0, 0.05) is 18.7 Å². The molecule has 0 aromatic carbocycles. The van der Waals surface area contributed by atoms with Gasteiger partial charge < -0.3 is 14.7 Å². The molecule has 0 bridgehead atoms. The number of esters is 1. The van der Waals surface area contributed by atoms with Crippen molar-refractivity contribution in [3.63, 3.8) is 0 Å². The third-order valence-electron chi connectivity index (χ3n) is 2.46. The van der Waals surface area contributed by atoms with Crippen molar-refractivity contribution in [1.29, 1.82) is 0 Å². The summed E-state index contributed by atoms with van der Waals surface area (Å²) in [6, 6.07) is -0.583. The van der Waals surface area contributed by atoms with E-state index in [0.717, 1.165) is 18.6 Å². The molecular formula is C11H15NO5. The van der Waals surface area contributed by atoms with Crippen LogP contribution in [0.1, 0.15) is 19.8 Å². The number of ether oxygens (including phenoxy) is 1. The fourth-order valence-electron chi connectivity index (χ4n) is 1.75. The smallest absolute Gasteiger partial charge is 0.328 e. The number of amides is 1. The van der Waals surface area contributed by atoms with Crippen molar-refractivity contribution in [3.05, 3.63) is 12.2 Å². The van der Waals surface area contributed by atoms with Gasteiger partial charge in [0.1, 0.15) is 6.04 Å². The fourth-order valence-corrected chi connectivity index (χ4v) is 1.75. The first kappa shape index (κ1) is 13.2. The minimum atomic E-state index is -1.19. The van der Waals surface area contributed by atoms with E-state index in [0.29, 0.717) is 13.0 Å². The summed E-state index contributed by atoms with van der Waals surface area (Å²) in [5.74, 6) is -2.09. The van der Waals surface area contributed by atoms with Crippen molar-refractivity contribution in [2.75, 3.05) is 13.2 Å². The highest BCUT2D eigenvalue weighted by molar-refractivity contribution is 5.96. The average Bonchev–Trinajstić information content (AvgIpc) is 2.75. The molecule has 0 aromatic heterocycles. The van der Waals surface area contributed by atoms with E-state index >= 15 is 0 Å². The average molecular weight is 241 g/mol. The van der Waals surface area contributed by atoms with Crippen LogP contribution in [0, 0.1) is 0 Å². The minimum absolute atomic E-state index is 0.266. The molecule has 1 aliphatic rings. The molecule has 1 saturated heterocycles. The quantitative estimate of drug-likeness (QED) is 0.560. The van der Waals surface area contributed by atoms with Crippen LogP contribution in [0.15, 0.2) is 12.2 Å². The van der Waals surface area contributed by atoms with E-state index in [1.54, 1.807) is 6.92 Å². The zero-order valence-corrected chi connectivity index (χ0v) is 9.59. The van der Waals surface area contributed by atoms with E-state index in [9.17, 15) is 14.4 Å². The number of likely N-dealkylation sites (tertiary alicyclic amines) is 1. The van der Waals surface area contributed by atoms with Crippen LogP contribution in [0.3, 0.4) is 0 Å². The molecule has 1 atom stereocenters. The number of nitrogens with zero attached hydrogens (tertiary/aromatic N) is 1. The predicted molar refractivity (Wildman–Crippen MR) is 58.1 cm³/mol. The van der Waals surface area contributed by atoms with Crippen LogP contribution in [-0.2, 0) is 19.1 Å². The number of carbonyl (C=O) groups excluding carboxylic acids is 2. The molecule has 1 rings (SSSR count). The zero-order chi connectivity index (χ0) is 12.8. The first-order valence-electron chi connectivity index (χ1n) is 5.44. The summed E-state index contributed by atoms with van der Waals surface area (Å²) < 4.78 is 4.86. The molecule has 1 fully saturated rings. The van der Waals surface area contributed by atoms with Crippen molar-refractivity contribution in [1.82, 2.24) is 4.90 Å². The second-order valence-corrected chi connectivity index (χ2v) is 3.61. The van der Waals surface area contributed by atoms with E-state index < -0.39 is 23.9 Å². The van der Waals surface area contributed by atoms with Gasteiger partial charge in [-0.1, -0.05) is 0 Å². The van der Waals surface area contributed by atoms with Crippen LogP contribution in [-0.4, -0.2) is 47.0 Å². The molecule has 1 unspecified atom stereocenters. The Morgan fingerprint density at radius 2 is 2.12 bits per heavy atom. The molecule has 17 heavy (non-hydrogen) atoms. The van der Waals surface area contributed by atoms with Gasteiger partial charge in [0.15, 0.2) is 0 Å². The van der Waals surface area contributed by atoms with Crippen molar-refractivity contribution in [3.8, 4) is 0 Å². The Hall–Kier alpha value is -1.85. The fraction of sp³-hybridized carbons (Fsp3) is 0.545. The lowest BCUT2D eigenvalue weighted by molar-refractivity contribution is -0.151. The summed E-state index contributed by atoms with van der Waals surface area (Å²) in [5.41, 5.74) is 0. The molecule has 0 aromatic rings. The van der Waals surface area contributed by atoms with Gasteiger partial charge in [-0.3, -0.25) is 4.79 Å². The Morgan fingerprint density at radius 1 is 1.41 bits per heavy atom. The van der Waals surface area contributed by atoms with Crippen LogP contribution in [0.2, 0.25) is 0 Å². The molecule has 6 heteroatoms. The first-order chi connectivity index (χ1) is 8.06. The van der Waals surface area contributed by atoms with Crippen LogP contribution in [0.25, 0.3) is 0 Å². The number of rotatable bonds is 4. The molecule has 1 heterocycles. The number of carboxylic acids is 1. The molecule has 6 nitrogen and oxygen atoms in total. The Balaban J connectivity index is 2.65. The largest absolute Gasteiger partial charge is 0.478 e. The predicted octanol–water partition coefficient (Wildman–Crippen LogP) is 0.181. The van der Waals surface area contributed by atoms with E-state index in [1.165, 1.54) is 4.90 Å². The van der Waals surface area contributed by atoms with Gasteiger partial charge in [-0.15, -0.1) is 0 Å². The van der Waals surface area contributed by atoms with E-state index in [4.69, 9.17) is 9.84 Å². The first-order valence-corrected chi connectivity index (χ1v) is 5.44. The molecule has 0 aliphatic carbocycles. The summed E-state index contributed by atoms with van der Waals surface area (Å²) in [6.45, 7) is 2.41. The Labute approximate surface area is 98.8 Å². The van der Waals surface area contributed by atoms with Crippen molar-refractivity contribution < 1.29 is 24.2 Å². The number of hydrogen-bond donors (Lipinski definition) is 1. The Morgan fingerprint density at radius 3 is 2.71 bits per heavy atom. The zero-order valence-electron chi connectivity index (χ0n) is 9.59. The maximum absolute atomic E-state index is 11.6. The minimum Gasteiger partial charge on any atom is -0.478 e. The van der Waals surface area contributed by atoms with Gasteiger partial charge in [0.2, 0.25) is 5.91 Å². The Bertz CT molecular complexity index is 350. The van der Waals surface area contributed by atoms with E-state index in [-0.39, 0.29) is 6.61 Å². The van der Waals surface area contributed by atoms with Crippen LogP contribution in [0.5, 0.6) is 0 Å². The third kappa shape index (κ3) is 3.58. The number of carboxylic acid groups (broad SMARTS) is 1. The van der Waals surface area contributed by atoms with Crippen LogP contribution < -0.4 is 0 Å². The molecule has 1 amide bonds. The normalized spacial score (nSPS) is 19.6. The maximum atomic E-state index is 11.6. The molecule has 0 spiro atoms. The second kappa shape index (κ2) is 6.03. The summed E-state index contributed by atoms with van der Waals surface area (Å²) in [4.78, 5) is 34.8. The number of aliphatic carboxylic acids is 1. The number of carbonyl (C=O) groups is 3. The van der Waals surface area contributed by atoms with E-state index in [1.807, 2.05) is 0 Å². The molecule has 0 radical (unpaired) electrons. The van der Waals surface area contributed by atoms with E-state index in [2.05, 4.69) is 0 Å². The molecule has 0 saturated carbocycles. The molecule has 94 valence electrons. The highest BCUT2D eigenvalue weighted by atomic mass is 16.5. The highest BCUT2D eigenvalue weighted by Gasteiger charge is 2.34. The summed E-state index contributed by atoms with van der Waals surface area (Å²) >= 11 is 0. The summed E-state index contributed by atoms with van der Waals surface area (Å²) in [7, 11) is 0. The summed E-state index contributed by atoms with van der Waals surface area (Å²) in [6.07, 6.45) is 3.00. The van der Waals surface area contributed by atoms with Gasteiger partial charge in [0.25, 0.3) is 0 Å². The van der Waals surface area contributed by atoms with Crippen molar-refractivity contribution in [2.24, 2.45) is 0 Å². The van der Waals surface area contributed by atoms with Gasteiger partial charge in [0.05, 0.1) is 6.61 Å². The number of hydrogen-bond acceptors (Lipinski definition) is 4. The van der Waals surface area contributed by atoms with Gasteiger partial charge in [-0.25, -0.2) is 9.59 Å². The molecule has 1 N–H and O–H groups in total. The van der Waals surface area contributed by atoms with Gasteiger partial charge in [-0.2, -0.15) is 0 Å². The highest BCUT2D eigenvalue weighted by Crippen LogP contribution is 2.18. The lowest BCUT2D eigenvalue weighted by atomic mass is 10.2. The maximum Gasteiger partial charge on any atom is 0.328 e. The Kier molecular flexibility index (Phi) is 4.68. The van der Waals surface area contributed by atoms with Crippen molar-refractivity contribution >= 4 is 17.8 Å². The SMILES string of the molecule is CCOC(=O)C1CCCN1C(=O)C=CC(=O)O. The standard InChI is InChI=1S/C11H15NO5/c1-2-17-11(16)8-4-3-7-12(8)9(13)5-6-10(14)15/h5-6,8H,2-4,7H2,1H3,(H,14,15). The second-order valence-electron chi connectivity index (χ2n) is 3.61. The van der Waals surface area contributed by atoms with Crippen LogP contribution in [0.4, 0.5) is 0 Å². The van der Waals surface area contributed by atoms with Gasteiger partial charge in [-0.05, 0) is 19.8 Å². The molecule has 1 aliphatic heterocycles. The topological polar surface area (TPSA) is 83.9 Å². The third-order valence-corrected chi connectivity index (χ3v) is 2.46. The van der Waals surface area contributed by atoms with Crippen LogP contribution >= 0.6 is 0 Å². The summed E-state index contributed by atoms with van der Waals surface area (Å²) in [5, 5.41) is 8.42. The molecular weight excluding hydrogens is 226 g/mol.